The monoisotopic (exact) mass is 343 g/mol. The Morgan fingerprint density at radius 1 is 1.12 bits per heavy atom. The fourth-order valence-corrected chi connectivity index (χ4v) is 3.87. The lowest BCUT2D eigenvalue weighted by atomic mass is 9.92. The molecular formula is C20H29N3O2. The Morgan fingerprint density at radius 2 is 1.80 bits per heavy atom. The van der Waals surface area contributed by atoms with E-state index in [1.807, 2.05) is 41.0 Å². The van der Waals surface area contributed by atoms with E-state index in [4.69, 9.17) is 0 Å². The number of rotatable bonds is 3. The molecule has 5 nitrogen and oxygen atoms in total. The first-order valence-electron chi connectivity index (χ1n) is 9.39. The van der Waals surface area contributed by atoms with Crippen LogP contribution in [0.4, 0.5) is 0 Å². The first kappa shape index (κ1) is 17.9. The van der Waals surface area contributed by atoms with Crippen LogP contribution in [0.25, 0.3) is 0 Å². The zero-order valence-electron chi connectivity index (χ0n) is 15.3. The fraction of sp³-hybridized carbons (Fsp3) is 0.600. The zero-order chi connectivity index (χ0) is 17.8. The number of piperazine rings is 1. The molecule has 2 heterocycles. The summed E-state index contributed by atoms with van der Waals surface area (Å²) in [7, 11) is 0. The lowest BCUT2D eigenvalue weighted by molar-refractivity contribution is -0.142. The molecule has 25 heavy (non-hydrogen) atoms. The molecule has 0 radical (unpaired) electrons. The van der Waals surface area contributed by atoms with Gasteiger partial charge in [0, 0.05) is 38.1 Å². The molecular weight excluding hydrogens is 314 g/mol. The Bertz CT molecular complexity index is 623. The van der Waals surface area contributed by atoms with E-state index >= 15 is 0 Å². The Balaban J connectivity index is 1.50. The van der Waals surface area contributed by atoms with Crippen LogP contribution >= 0.6 is 0 Å². The predicted octanol–water partition coefficient (Wildman–Crippen LogP) is 1.60. The van der Waals surface area contributed by atoms with Crippen molar-refractivity contribution in [2.75, 3.05) is 32.7 Å². The summed E-state index contributed by atoms with van der Waals surface area (Å²) in [5, 5.41) is 3.40. The highest BCUT2D eigenvalue weighted by atomic mass is 16.2. The number of hydrogen-bond donors (Lipinski definition) is 1. The third-order valence-electron chi connectivity index (χ3n) is 5.52. The molecule has 2 amide bonds. The van der Waals surface area contributed by atoms with E-state index in [-0.39, 0.29) is 17.7 Å². The van der Waals surface area contributed by atoms with Crippen LogP contribution in [-0.4, -0.2) is 60.4 Å². The maximum Gasteiger partial charge on any atom is 0.227 e. The molecule has 1 N–H and O–H groups in total. The van der Waals surface area contributed by atoms with Gasteiger partial charge in [0.25, 0.3) is 0 Å². The summed E-state index contributed by atoms with van der Waals surface area (Å²) in [6.07, 6.45) is 2.30. The average molecular weight is 343 g/mol. The van der Waals surface area contributed by atoms with E-state index in [2.05, 4.69) is 12.2 Å². The van der Waals surface area contributed by atoms with E-state index in [9.17, 15) is 9.59 Å². The molecule has 3 rings (SSSR count). The van der Waals surface area contributed by atoms with Crippen molar-refractivity contribution < 1.29 is 9.59 Å². The molecule has 2 atom stereocenters. The molecule has 0 unspecified atom stereocenters. The van der Waals surface area contributed by atoms with Crippen molar-refractivity contribution in [3.05, 3.63) is 35.4 Å². The van der Waals surface area contributed by atoms with Crippen LogP contribution in [0.3, 0.4) is 0 Å². The van der Waals surface area contributed by atoms with Gasteiger partial charge < -0.3 is 15.1 Å². The standard InChI is InChI=1S/C20H29N3O2/c1-15-5-3-4-6-17(15)14-19(24)22-9-11-23(12-10-22)20(25)18-7-8-21-16(2)13-18/h3-6,16,18,21H,7-14H2,1-2H3/t16-,18-/m0/s1. The number of nitrogens with zero attached hydrogens (tertiary/aromatic N) is 2. The minimum absolute atomic E-state index is 0.144. The summed E-state index contributed by atoms with van der Waals surface area (Å²) in [6, 6.07) is 8.45. The van der Waals surface area contributed by atoms with E-state index in [0.717, 1.165) is 30.5 Å². The number of piperidine rings is 1. The van der Waals surface area contributed by atoms with Crippen LogP contribution in [-0.2, 0) is 16.0 Å². The molecule has 0 aliphatic carbocycles. The predicted molar refractivity (Wildman–Crippen MR) is 98.2 cm³/mol. The Kier molecular flexibility index (Phi) is 5.74. The van der Waals surface area contributed by atoms with E-state index < -0.39 is 0 Å². The molecule has 2 saturated heterocycles. The van der Waals surface area contributed by atoms with Crippen molar-refractivity contribution in [2.45, 2.75) is 39.2 Å². The van der Waals surface area contributed by atoms with E-state index in [1.54, 1.807) is 0 Å². The summed E-state index contributed by atoms with van der Waals surface area (Å²) >= 11 is 0. The number of nitrogens with one attached hydrogen (secondary N) is 1. The molecule has 0 bridgehead atoms. The Morgan fingerprint density at radius 3 is 2.48 bits per heavy atom. The molecule has 1 aromatic carbocycles. The van der Waals surface area contributed by atoms with Crippen LogP contribution in [0.5, 0.6) is 0 Å². The van der Waals surface area contributed by atoms with Gasteiger partial charge >= 0.3 is 0 Å². The number of carbonyl (C=O) groups excluding carboxylic acids is 2. The van der Waals surface area contributed by atoms with Crippen LogP contribution in [0.15, 0.2) is 24.3 Å². The molecule has 136 valence electrons. The number of aryl methyl sites for hydroxylation is 1. The number of amides is 2. The van der Waals surface area contributed by atoms with Crippen molar-refractivity contribution in [1.82, 2.24) is 15.1 Å². The van der Waals surface area contributed by atoms with Crippen LogP contribution in [0, 0.1) is 12.8 Å². The van der Waals surface area contributed by atoms with Gasteiger partial charge in [-0.3, -0.25) is 9.59 Å². The zero-order valence-corrected chi connectivity index (χ0v) is 15.3. The van der Waals surface area contributed by atoms with Gasteiger partial charge in [-0.25, -0.2) is 0 Å². The van der Waals surface area contributed by atoms with Gasteiger partial charge in [-0.1, -0.05) is 24.3 Å². The molecule has 2 aliphatic rings. The Hall–Kier alpha value is -1.88. The quantitative estimate of drug-likeness (QED) is 0.907. The van der Waals surface area contributed by atoms with Gasteiger partial charge in [0.2, 0.25) is 11.8 Å². The average Bonchev–Trinajstić information content (AvgIpc) is 2.63. The second-order valence-electron chi connectivity index (χ2n) is 7.39. The van der Waals surface area contributed by atoms with Gasteiger partial charge in [-0.05, 0) is 44.4 Å². The topological polar surface area (TPSA) is 52.7 Å². The second-order valence-corrected chi connectivity index (χ2v) is 7.39. The van der Waals surface area contributed by atoms with Crippen LogP contribution < -0.4 is 5.32 Å². The first-order valence-corrected chi connectivity index (χ1v) is 9.39. The third kappa shape index (κ3) is 4.40. The lowest BCUT2D eigenvalue weighted by Gasteiger charge is -2.38. The summed E-state index contributed by atoms with van der Waals surface area (Å²) in [5.74, 6) is 0.585. The molecule has 0 spiro atoms. The maximum atomic E-state index is 12.7. The molecule has 2 fully saturated rings. The Labute approximate surface area is 150 Å². The third-order valence-corrected chi connectivity index (χ3v) is 5.52. The highest BCUT2D eigenvalue weighted by Crippen LogP contribution is 2.20. The summed E-state index contributed by atoms with van der Waals surface area (Å²) in [5.41, 5.74) is 2.25. The van der Waals surface area contributed by atoms with Gasteiger partial charge in [0.15, 0.2) is 0 Å². The molecule has 0 aromatic heterocycles. The lowest BCUT2D eigenvalue weighted by Crippen LogP contribution is -2.53. The maximum absolute atomic E-state index is 12.7. The fourth-order valence-electron chi connectivity index (χ4n) is 3.87. The van der Waals surface area contributed by atoms with Gasteiger partial charge in [-0.15, -0.1) is 0 Å². The first-order chi connectivity index (χ1) is 12.0. The SMILES string of the molecule is Cc1ccccc1CC(=O)N1CCN(C(=O)[C@H]2CCN[C@@H](C)C2)CC1. The normalized spacial score (nSPS) is 24.2. The van der Waals surface area contributed by atoms with E-state index in [0.29, 0.717) is 38.6 Å². The van der Waals surface area contributed by atoms with Crippen molar-refractivity contribution in [3.8, 4) is 0 Å². The smallest absolute Gasteiger partial charge is 0.227 e. The minimum atomic E-state index is 0.144. The number of benzene rings is 1. The minimum Gasteiger partial charge on any atom is -0.339 e. The largest absolute Gasteiger partial charge is 0.339 e. The van der Waals surface area contributed by atoms with Crippen molar-refractivity contribution in [1.29, 1.82) is 0 Å². The van der Waals surface area contributed by atoms with Crippen molar-refractivity contribution in [2.24, 2.45) is 5.92 Å². The highest BCUT2D eigenvalue weighted by Gasteiger charge is 2.31. The van der Waals surface area contributed by atoms with Gasteiger partial charge in [-0.2, -0.15) is 0 Å². The molecule has 2 aliphatic heterocycles. The molecule has 0 saturated carbocycles. The van der Waals surface area contributed by atoms with E-state index in [1.165, 1.54) is 0 Å². The van der Waals surface area contributed by atoms with Crippen molar-refractivity contribution in [3.63, 3.8) is 0 Å². The summed E-state index contributed by atoms with van der Waals surface area (Å²) in [6.45, 7) is 7.73. The van der Waals surface area contributed by atoms with Gasteiger partial charge in [0.1, 0.15) is 0 Å². The van der Waals surface area contributed by atoms with Gasteiger partial charge in [0.05, 0.1) is 6.42 Å². The van der Waals surface area contributed by atoms with Crippen molar-refractivity contribution >= 4 is 11.8 Å². The number of hydrogen-bond acceptors (Lipinski definition) is 3. The summed E-state index contributed by atoms with van der Waals surface area (Å²) in [4.78, 5) is 29.1. The number of carbonyl (C=O) groups is 2. The highest BCUT2D eigenvalue weighted by molar-refractivity contribution is 5.81. The second kappa shape index (κ2) is 8.00. The molecule has 1 aromatic rings. The van der Waals surface area contributed by atoms with Crippen LogP contribution in [0.1, 0.15) is 30.9 Å². The summed E-state index contributed by atoms with van der Waals surface area (Å²) < 4.78 is 0. The van der Waals surface area contributed by atoms with Crippen LogP contribution in [0.2, 0.25) is 0 Å². The molecule has 5 heteroatoms.